The second-order valence-electron chi connectivity index (χ2n) is 3.67. The Bertz CT molecular complexity index is 424. The fourth-order valence-corrected chi connectivity index (χ4v) is 1.77. The van der Waals surface area contributed by atoms with Gasteiger partial charge in [0.15, 0.2) is 11.5 Å². The van der Waals surface area contributed by atoms with Gasteiger partial charge in [0, 0.05) is 6.92 Å². The Hall–Kier alpha value is -1.71. The lowest BCUT2D eigenvalue weighted by Gasteiger charge is -2.17. The maximum Gasteiger partial charge on any atom is 0.308 e. The van der Waals surface area contributed by atoms with Crippen LogP contribution in [0, 0.1) is 6.92 Å². The van der Waals surface area contributed by atoms with Gasteiger partial charge in [-0.2, -0.15) is 0 Å². The normalized spacial score (nSPS) is 9.94. The van der Waals surface area contributed by atoms with E-state index in [-0.39, 0.29) is 0 Å². The first-order valence-electron chi connectivity index (χ1n) is 5.48. The molecule has 4 heteroatoms. The van der Waals surface area contributed by atoms with E-state index in [1.807, 2.05) is 19.9 Å². The summed E-state index contributed by atoms with van der Waals surface area (Å²) in [6, 6.07) is 1.87. The van der Waals surface area contributed by atoms with Gasteiger partial charge in [-0.15, -0.1) is 0 Å². The molecule has 1 aromatic carbocycles. The lowest BCUT2D eigenvalue weighted by molar-refractivity contribution is -0.132. The van der Waals surface area contributed by atoms with Crippen LogP contribution in [0.3, 0.4) is 0 Å². The van der Waals surface area contributed by atoms with Crippen molar-refractivity contribution in [3.05, 3.63) is 17.2 Å². The van der Waals surface area contributed by atoms with Gasteiger partial charge in [-0.1, -0.05) is 6.92 Å². The molecule has 0 aliphatic rings. The largest absolute Gasteiger partial charge is 0.493 e. The monoisotopic (exact) mass is 238 g/mol. The van der Waals surface area contributed by atoms with Gasteiger partial charge >= 0.3 is 5.97 Å². The predicted molar refractivity (Wildman–Crippen MR) is 65.0 cm³/mol. The molecule has 94 valence electrons. The minimum atomic E-state index is -0.398. The van der Waals surface area contributed by atoms with Gasteiger partial charge in [0.25, 0.3) is 0 Å². The first-order chi connectivity index (χ1) is 8.04. The third-order valence-corrected chi connectivity index (χ3v) is 2.61. The van der Waals surface area contributed by atoms with Gasteiger partial charge < -0.3 is 14.2 Å². The molecule has 0 spiro atoms. The van der Waals surface area contributed by atoms with E-state index in [1.54, 1.807) is 7.11 Å². The number of benzene rings is 1. The molecule has 0 aromatic heterocycles. The summed E-state index contributed by atoms with van der Waals surface area (Å²) in [7, 11) is 3.09. The number of esters is 1. The lowest BCUT2D eigenvalue weighted by Crippen LogP contribution is -2.07. The summed E-state index contributed by atoms with van der Waals surface area (Å²) in [5.74, 6) is 1.01. The minimum absolute atomic E-state index is 0.345. The van der Waals surface area contributed by atoms with E-state index in [2.05, 4.69) is 0 Å². The summed E-state index contributed by atoms with van der Waals surface area (Å²) in [5.41, 5.74) is 2.07. The van der Waals surface area contributed by atoms with Crippen molar-refractivity contribution in [3.8, 4) is 17.2 Å². The molecule has 0 saturated heterocycles. The van der Waals surface area contributed by atoms with Crippen LogP contribution in [0.2, 0.25) is 0 Å². The van der Waals surface area contributed by atoms with Crippen LogP contribution in [-0.2, 0) is 11.2 Å². The lowest BCUT2D eigenvalue weighted by atomic mass is 10.0. The topological polar surface area (TPSA) is 44.8 Å². The van der Waals surface area contributed by atoms with Gasteiger partial charge in [-0.25, -0.2) is 0 Å². The second kappa shape index (κ2) is 5.57. The van der Waals surface area contributed by atoms with Crippen LogP contribution < -0.4 is 14.2 Å². The fourth-order valence-electron chi connectivity index (χ4n) is 1.77. The van der Waals surface area contributed by atoms with Crippen LogP contribution >= 0.6 is 0 Å². The van der Waals surface area contributed by atoms with E-state index in [0.717, 1.165) is 17.5 Å². The van der Waals surface area contributed by atoms with Crippen molar-refractivity contribution in [3.63, 3.8) is 0 Å². The molecule has 0 N–H and O–H groups in total. The molecule has 0 fully saturated rings. The standard InChI is InChI=1S/C13H18O4/c1-6-10-7-11(15-4)13(17-9(3)14)12(16-5)8(10)2/h7H,6H2,1-5H3. The Morgan fingerprint density at radius 1 is 1.24 bits per heavy atom. The average Bonchev–Trinajstić information content (AvgIpc) is 2.29. The molecule has 0 radical (unpaired) electrons. The van der Waals surface area contributed by atoms with Crippen LogP contribution in [0.25, 0.3) is 0 Å². The molecular weight excluding hydrogens is 220 g/mol. The number of carbonyl (C=O) groups is 1. The van der Waals surface area contributed by atoms with Crippen molar-refractivity contribution in [2.45, 2.75) is 27.2 Å². The van der Waals surface area contributed by atoms with Gasteiger partial charge in [-0.05, 0) is 30.5 Å². The number of methoxy groups -OCH3 is 2. The molecule has 0 saturated carbocycles. The number of carbonyl (C=O) groups excluding carboxylic acids is 1. The maximum atomic E-state index is 11.1. The zero-order chi connectivity index (χ0) is 13.0. The Balaban J connectivity index is 3.42. The molecule has 0 amide bonds. The molecule has 0 bridgehead atoms. The molecule has 0 atom stereocenters. The van der Waals surface area contributed by atoms with Crippen LogP contribution in [-0.4, -0.2) is 20.2 Å². The zero-order valence-corrected chi connectivity index (χ0v) is 10.9. The highest BCUT2D eigenvalue weighted by atomic mass is 16.6. The quantitative estimate of drug-likeness (QED) is 0.597. The van der Waals surface area contributed by atoms with Crippen molar-refractivity contribution in [2.24, 2.45) is 0 Å². The van der Waals surface area contributed by atoms with E-state index < -0.39 is 5.97 Å². The predicted octanol–water partition coefficient (Wildman–Crippen LogP) is 2.50. The Morgan fingerprint density at radius 2 is 1.88 bits per heavy atom. The van der Waals surface area contributed by atoms with Crippen molar-refractivity contribution in [1.29, 1.82) is 0 Å². The molecule has 0 aliphatic heterocycles. The molecule has 0 aliphatic carbocycles. The Kier molecular flexibility index (Phi) is 4.37. The molecule has 0 heterocycles. The van der Waals surface area contributed by atoms with E-state index in [4.69, 9.17) is 14.2 Å². The number of ether oxygens (including phenoxy) is 3. The van der Waals surface area contributed by atoms with E-state index in [1.165, 1.54) is 14.0 Å². The summed E-state index contributed by atoms with van der Waals surface area (Å²) >= 11 is 0. The first kappa shape index (κ1) is 13.4. The average molecular weight is 238 g/mol. The van der Waals surface area contributed by atoms with Gasteiger partial charge in [0.1, 0.15) is 0 Å². The third-order valence-electron chi connectivity index (χ3n) is 2.61. The van der Waals surface area contributed by atoms with Gasteiger partial charge in [0.2, 0.25) is 5.75 Å². The van der Waals surface area contributed by atoms with Crippen LogP contribution in [0.4, 0.5) is 0 Å². The van der Waals surface area contributed by atoms with Crippen molar-refractivity contribution < 1.29 is 19.0 Å². The SMILES string of the molecule is CCc1cc(OC)c(OC(C)=O)c(OC)c1C. The third kappa shape index (κ3) is 2.70. The highest BCUT2D eigenvalue weighted by molar-refractivity contribution is 5.73. The van der Waals surface area contributed by atoms with E-state index in [0.29, 0.717) is 17.2 Å². The summed E-state index contributed by atoms with van der Waals surface area (Å²) in [4.78, 5) is 11.1. The zero-order valence-electron chi connectivity index (χ0n) is 10.9. The number of rotatable bonds is 4. The summed E-state index contributed by atoms with van der Waals surface area (Å²) < 4.78 is 15.7. The molecule has 1 aromatic rings. The first-order valence-corrected chi connectivity index (χ1v) is 5.48. The summed E-state index contributed by atoms with van der Waals surface area (Å²) in [5, 5.41) is 0. The van der Waals surface area contributed by atoms with Crippen LogP contribution in [0.15, 0.2) is 6.07 Å². The van der Waals surface area contributed by atoms with Gasteiger partial charge in [-0.3, -0.25) is 4.79 Å². The van der Waals surface area contributed by atoms with Crippen LogP contribution in [0.5, 0.6) is 17.2 Å². The Morgan fingerprint density at radius 3 is 2.29 bits per heavy atom. The smallest absolute Gasteiger partial charge is 0.308 e. The van der Waals surface area contributed by atoms with E-state index in [9.17, 15) is 4.79 Å². The van der Waals surface area contributed by atoms with E-state index >= 15 is 0 Å². The fraction of sp³-hybridized carbons (Fsp3) is 0.462. The van der Waals surface area contributed by atoms with Crippen molar-refractivity contribution in [1.82, 2.24) is 0 Å². The highest BCUT2D eigenvalue weighted by Gasteiger charge is 2.19. The number of aryl methyl sites for hydroxylation is 1. The number of hydrogen-bond acceptors (Lipinski definition) is 4. The minimum Gasteiger partial charge on any atom is -0.493 e. The Labute approximate surface area is 101 Å². The molecule has 1 rings (SSSR count). The molecule has 17 heavy (non-hydrogen) atoms. The van der Waals surface area contributed by atoms with Crippen LogP contribution in [0.1, 0.15) is 25.0 Å². The summed E-state index contributed by atoms with van der Waals surface area (Å²) in [6.07, 6.45) is 0.860. The summed E-state index contributed by atoms with van der Waals surface area (Å²) in [6.45, 7) is 5.33. The van der Waals surface area contributed by atoms with Crippen molar-refractivity contribution in [2.75, 3.05) is 14.2 Å². The molecule has 0 unspecified atom stereocenters. The number of hydrogen-bond donors (Lipinski definition) is 0. The molecule has 4 nitrogen and oxygen atoms in total. The maximum absolute atomic E-state index is 11.1. The highest BCUT2D eigenvalue weighted by Crippen LogP contribution is 2.42. The molecular formula is C13H18O4. The van der Waals surface area contributed by atoms with Crippen molar-refractivity contribution >= 4 is 5.97 Å². The second-order valence-corrected chi connectivity index (χ2v) is 3.67. The van der Waals surface area contributed by atoms with Gasteiger partial charge in [0.05, 0.1) is 14.2 Å².